The van der Waals surface area contributed by atoms with E-state index >= 15 is 0 Å². The highest BCUT2D eigenvalue weighted by atomic mass is 19.1. The van der Waals surface area contributed by atoms with Gasteiger partial charge in [-0.15, -0.1) is 0 Å². The first-order chi connectivity index (χ1) is 10.7. The summed E-state index contributed by atoms with van der Waals surface area (Å²) >= 11 is 0. The molecule has 114 valence electrons. The van der Waals surface area contributed by atoms with Gasteiger partial charge in [-0.2, -0.15) is 0 Å². The molecule has 4 nitrogen and oxygen atoms in total. The van der Waals surface area contributed by atoms with Crippen molar-refractivity contribution in [1.82, 2.24) is 15.6 Å². The maximum absolute atomic E-state index is 13.1. The van der Waals surface area contributed by atoms with E-state index in [1.165, 1.54) is 12.1 Å². The van der Waals surface area contributed by atoms with Crippen LogP contribution in [0.15, 0.2) is 48.7 Å². The lowest BCUT2D eigenvalue weighted by molar-refractivity contribution is -0.123. The summed E-state index contributed by atoms with van der Waals surface area (Å²) in [5.41, 5.74) is 1.60. The van der Waals surface area contributed by atoms with Gasteiger partial charge in [-0.25, -0.2) is 4.39 Å². The second-order valence-corrected chi connectivity index (χ2v) is 5.47. The number of pyridine rings is 1. The number of amides is 1. The molecule has 0 aliphatic heterocycles. The Bertz CT molecular complexity index is 626. The van der Waals surface area contributed by atoms with Gasteiger partial charge in [0, 0.05) is 18.8 Å². The fourth-order valence-corrected chi connectivity index (χ4v) is 2.24. The van der Waals surface area contributed by atoms with Crippen molar-refractivity contribution in [3.8, 4) is 0 Å². The largest absolute Gasteiger partial charge is 0.352 e. The Morgan fingerprint density at radius 2 is 2.00 bits per heavy atom. The Labute approximate surface area is 128 Å². The smallest absolute Gasteiger partial charge is 0.241 e. The van der Waals surface area contributed by atoms with Gasteiger partial charge in [0.05, 0.1) is 5.69 Å². The maximum atomic E-state index is 13.1. The van der Waals surface area contributed by atoms with Crippen LogP contribution in [-0.4, -0.2) is 16.9 Å². The van der Waals surface area contributed by atoms with E-state index in [0.717, 1.165) is 24.1 Å². The van der Waals surface area contributed by atoms with Crippen LogP contribution in [-0.2, 0) is 11.3 Å². The second kappa shape index (κ2) is 6.66. The van der Waals surface area contributed by atoms with Crippen molar-refractivity contribution in [3.63, 3.8) is 0 Å². The van der Waals surface area contributed by atoms with E-state index in [1.807, 2.05) is 18.2 Å². The molecule has 2 aromatic rings. The third kappa shape index (κ3) is 3.89. The van der Waals surface area contributed by atoms with Gasteiger partial charge in [-0.3, -0.25) is 15.1 Å². The van der Waals surface area contributed by atoms with Crippen LogP contribution in [0.4, 0.5) is 4.39 Å². The van der Waals surface area contributed by atoms with E-state index in [2.05, 4.69) is 15.6 Å². The van der Waals surface area contributed by atoms with Crippen molar-refractivity contribution in [2.75, 3.05) is 0 Å². The summed E-state index contributed by atoms with van der Waals surface area (Å²) in [6.45, 7) is 0.473. The zero-order valence-electron chi connectivity index (χ0n) is 12.1. The van der Waals surface area contributed by atoms with Crippen LogP contribution < -0.4 is 10.6 Å². The lowest BCUT2D eigenvalue weighted by Gasteiger charge is -2.18. The molecular formula is C17H18FN3O. The summed E-state index contributed by atoms with van der Waals surface area (Å²) in [4.78, 5) is 16.6. The zero-order valence-corrected chi connectivity index (χ0v) is 12.1. The Morgan fingerprint density at radius 3 is 2.64 bits per heavy atom. The maximum Gasteiger partial charge on any atom is 0.241 e. The van der Waals surface area contributed by atoms with Crippen molar-refractivity contribution in [2.24, 2.45) is 0 Å². The van der Waals surface area contributed by atoms with Crippen molar-refractivity contribution in [3.05, 3.63) is 65.7 Å². The molecule has 1 unspecified atom stereocenters. The number of nitrogens with one attached hydrogen (secondary N) is 2. The van der Waals surface area contributed by atoms with Gasteiger partial charge < -0.3 is 5.32 Å². The van der Waals surface area contributed by atoms with E-state index in [0.29, 0.717) is 6.54 Å². The number of benzene rings is 1. The normalized spacial score (nSPS) is 15.3. The molecule has 0 saturated heterocycles. The van der Waals surface area contributed by atoms with Crippen LogP contribution >= 0.6 is 0 Å². The number of aromatic nitrogens is 1. The summed E-state index contributed by atoms with van der Waals surface area (Å²) in [7, 11) is 0. The first-order valence-corrected chi connectivity index (χ1v) is 7.41. The van der Waals surface area contributed by atoms with E-state index in [9.17, 15) is 9.18 Å². The summed E-state index contributed by atoms with van der Waals surface area (Å²) < 4.78 is 13.1. The van der Waals surface area contributed by atoms with Gasteiger partial charge in [0.2, 0.25) is 5.91 Å². The molecule has 1 aromatic heterocycles. The quantitative estimate of drug-likeness (QED) is 0.861. The minimum absolute atomic E-state index is 0.0787. The topological polar surface area (TPSA) is 54.0 Å². The minimum atomic E-state index is -0.511. The average Bonchev–Trinajstić information content (AvgIpc) is 3.34. The molecule has 1 atom stereocenters. The number of hydrogen-bond acceptors (Lipinski definition) is 3. The predicted molar refractivity (Wildman–Crippen MR) is 81.4 cm³/mol. The van der Waals surface area contributed by atoms with Crippen LogP contribution in [0.25, 0.3) is 0 Å². The van der Waals surface area contributed by atoms with Crippen LogP contribution in [0.1, 0.15) is 30.1 Å². The van der Waals surface area contributed by atoms with Crippen LogP contribution in [0.2, 0.25) is 0 Å². The standard InChI is InChI=1S/C17H18FN3O/c18-13-6-4-12(5-7-13)16(17(22)21-14-8-9-14)20-11-15-3-1-2-10-19-15/h1-7,10,14,16,20H,8-9,11H2,(H,21,22). The van der Waals surface area contributed by atoms with E-state index < -0.39 is 6.04 Å². The fourth-order valence-electron chi connectivity index (χ4n) is 2.24. The van der Waals surface area contributed by atoms with Gasteiger partial charge in [0.1, 0.15) is 11.9 Å². The fraction of sp³-hybridized carbons (Fsp3) is 0.294. The number of nitrogens with zero attached hydrogens (tertiary/aromatic N) is 1. The first-order valence-electron chi connectivity index (χ1n) is 7.41. The Kier molecular flexibility index (Phi) is 4.44. The van der Waals surface area contributed by atoms with Crippen molar-refractivity contribution < 1.29 is 9.18 Å². The molecule has 2 N–H and O–H groups in total. The lowest BCUT2D eigenvalue weighted by Crippen LogP contribution is -2.38. The highest BCUT2D eigenvalue weighted by molar-refractivity contribution is 5.83. The molecule has 22 heavy (non-hydrogen) atoms. The van der Waals surface area contributed by atoms with Gasteiger partial charge >= 0.3 is 0 Å². The molecule has 0 spiro atoms. The molecule has 1 aliphatic carbocycles. The molecule has 1 aliphatic rings. The molecule has 1 amide bonds. The number of carbonyl (C=O) groups is 1. The molecule has 1 aromatic carbocycles. The molecule has 3 rings (SSSR count). The Morgan fingerprint density at radius 1 is 1.23 bits per heavy atom. The lowest BCUT2D eigenvalue weighted by atomic mass is 10.1. The summed E-state index contributed by atoms with van der Waals surface area (Å²) in [6, 6.07) is 11.4. The third-order valence-corrected chi connectivity index (χ3v) is 3.60. The van der Waals surface area contributed by atoms with Crippen LogP contribution in [0.3, 0.4) is 0 Å². The third-order valence-electron chi connectivity index (χ3n) is 3.60. The predicted octanol–water partition coefficient (Wildman–Crippen LogP) is 2.33. The van der Waals surface area contributed by atoms with E-state index in [-0.39, 0.29) is 17.8 Å². The average molecular weight is 299 g/mol. The first kappa shape index (κ1) is 14.7. The number of carbonyl (C=O) groups excluding carboxylic acids is 1. The van der Waals surface area contributed by atoms with E-state index in [1.54, 1.807) is 18.3 Å². The number of rotatable bonds is 6. The Hall–Kier alpha value is -2.27. The number of halogens is 1. The molecule has 1 saturated carbocycles. The molecule has 1 fully saturated rings. The van der Waals surface area contributed by atoms with Gasteiger partial charge in [-0.05, 0) is 42.7 Å². The van der Waals surface area contributed by atoms with Gasteiger partial charge in [0.25, 0.3) is 0 Å². The highest BCUT2D eigenvalue weighted by Crippen LogP contribution is 2.21. The summed E-state index contributed by atoms with van der Waals surface area (Å²) in [6.07, 6.45) is 3.78. The molecule has 0 bridgehead atoms. The Balaban J connectivity index is 1.72. The van der Waals surface area contributed by atoms with Gasteiger partial charge in [-0.1, -0.05) is 18.2 Å². The van der Waals surface area contributed by atoms with Gasteiger partial charge in [0.15, 0.2) is 0 Å². The van der Waals surface area contributed by atoms with Crippen molar-refractivity contribution in [2.45, 2.75) is 31.5 Å². The monoisotopic (exact) mass is 299 g/mol. The molecule has 1 heterocycles. The summed E-state index contributed by atoms with van der Waals surface area (Å²) in [5.74, 6) is -0.389. The summed E-state index contributed by atoms with van der Waals surface area (Å²) in [5, 5.41) is 6.20. The minimum Gasteiger partial charge on any atom is -0.352 e. The molecule has 0 radical (unpaired) electrons. The SMILES string of the molecule is O=C(NC1CC1)C(NCc1ccccn1)c1ccc(F)cc1. The highest BCUT2D eigenvalue weighted by Gasteiger charge is 2.28. The zero-order chi connectivity index (χ0) is 15.4. The molecular weight excluding hydrogens is 281 g/mol. The van der Waals surface area contributed by atoms with Crippen molar-refractivity contribution in [1.29, 1.82) is 0 Å². The second-order valence-electron chi connectivity index (χ2n) is 5.47. The van der Waals surface area contributed by atoms with Crippen molar-refractivity contribution >= 4 is 5.91 Å². The van der Waals surface area contributed by atoms with Crippen LogP contribution in [0.5, 0.6) is 0 Å². The van der Waals surface area contributed by atoms with E-state index in [4.69, 9.17) is 0 Å². The van der Waals surface area contributed by atoms with Crippen LogP contribution in [0, 0.1) is 5.82 Å². The molecule has 5 heteroatoms. The number of hydrogen-bond donors (Lipinski definition) is 2.